The van der Waals surface area contributed by atoms with Crippen molar-refractivity contribution in [3.8, 4) is 0 Å². The molecule has 1 fully saturated rings. The summed E-state index contributed by atoms with van der Waals surface area (Å²) >= 11 is 3.40. The van der Waals surface area contributed by atoms with Crippen LogP contribution in [0.25, 0.3) is 0 Å². The highest BCUT2D eigenvalue weighted by atomic mass is 79.9. The SMILES string of the molecule is Cc1cc(Br)ccc1NC(=O)c1ccc(N2CCNC2=O)cc1. The molecule has 0 unspecified atom stereocenters. The summed E-state index contributed by atoms with van der Waals surface area (Å²) in [5.74, 6) is -0.173. The smallest absolute Gasteiger partial charge is 0.321 e. The van der Waals surface area contributed by atoms with Gasteiger partial charge in [-0.05, 0) is 55.0 Å². The predicted octanol–water partition coefficient (Wildman–Crippen LogP) is 3.54. The Morgan fingerprint density at radius 3 is 2.57 bits per heavy atom. The van der Waals surface area contributed by atoms with E-state index >= 15 is 0 Å². The second kappa shape index (κ2) is 6.42. The molecule has 0 spiro atoms. The van der Waals surface area contributed by atoms with Gasteiger partial charge in [-0.25, -0.2) is 4.79 Å². The van der Waals surface area contributed by atoms with Gasteiger partial charge in [0.2, 0.25) is 0 Å². The second-order valence-electron chi connectivity index (χ2n) is 5.34. The molecule has 2 aromatic rings. The topological polar surface area (TPSA) is 61.4 Å². The molecule has 1 aliphatic heterocycles. The Morgan fingerprint density at radius 2 is 1.96 bits per heavy atom. The van der Waals surface area contributed by atoms with Crippen LogP contribution in [0.3, 0.4) is 0 Å². The fourth-order valence-electron chi connectivity index (χ4n) is 2.47. The summed E-state index contributed by atoms with van der Waals surface area (Å²) in [5.41, 5.74) is 3.10. The minimum atomic E-state index is -0.173. The molecule has 3 rings (SSSR count). The Balaban J connectivity index is 1.74. The fraction of sp³-hybridized carbons (Fsp3) is 0.176. The molecule has 6 heteroatoms. The number of carbonyl (C=O) groups is 2. The average molecular weight is 374 g/mol. The highest BCUT2D eigenvalue weighted by molar-refractivity contribution is 9.10. The summed E-state index contributed by atoms with van der Waals surface area (Å²) in [5, 5.41) is 5.65. The van der Waals surface area contributed by atoms with Crippen molar-refractivity contribution in [3.63, 3.8) is 0 Å². The van der Waals surface area contributed by atoms with Crippen LogP contribution in [0.1, 0.15) is 15.9 Å². The molecule has 118 valence electrons. The van der Waals surface area contributed by atoms with E-state index in [1.54, 1.807) is 29.2 Å². The number of rotatable bonds is 3. The number of halogens is 1. The van der Waals surface area contributed by atoms with Gasteiger partial charge < -0.3 is 10.6 Å². The molecule has 0 radical (unpaired) electrons. The number of hydrogen-bond acceptors (Lipinski definition) is 2. The van der Waals surface area contributed by atoms with Crippen LogP contribution < -0.4 is 15.5 Å². The third-order valence-electron chi connectivity index (χ3n) is 3.73. The number of nitrogens with one attached hydrogen (secondary N) is 2. The van der Waals surface area contributed by atoms with Gasteiger partial charge in [-0.2, -0.15) is 0 Å². The van der Waals surface area contributed by atoms with E-state index in [-0.39, 0.29) is 11.9 Å². The number of carbonyl (C=O) groups excluding carboxylic acids is 2. The van der Waals surface area contributed by atoms with Crippen molar-refractivity contribution < 1.29 is 9.59 Å². The van der Waals surface area contributed by atoms with Crippen LogP contribution in [0.15, 0.2) is 46.9 Å². The molecule has 2 N–H and O–H groups in total. The summed E-state index contributed by atoms with van der Waals surface area (Å²) < 4.78 is 0.973. The molecule has 3 amide bonds. The molecular formula is C17H16BrN3O2. The van der Waals surface area contributed by atoms with Gasteiger partial charge >= 0.3 is 6.03 Å². The lowest BCUT2D eigenvalue weighted by atomic mass is 10.1. The van der Waals surface area contributed by atoms with Crippen molar-refractivity contribution in [1.29, 1.82) is 0 Å². The normalized spacial score (nSPS) is 13.8. The van der Waals surface area contributed by atoms with Gasteiger partial charge in [-0.15, -0.1) is 0 Å². The number of aryl methyl sites for hydroxylation is 1. The Kier molecular flexibility index (Phi) is 4.34. The van der Waals surface area contributed by atoms with Crippen LogP contribution in [0.2, 0.25) is 0 Å². The molecule has 23 heavy (non-hydrogen) atoms. The highest BCUT2D eigenvalue weighted by Crippen LogP contribution is 2.22. The Morgan fingerprint density at radius 1 is 1.22 bits per heavy atom. The minimum Gasteiger partial charge on any atom is -0.336 e. The van der Waals surface area contributed by atoms with Crippen molar-refractivity contribution in [2.45, 2.75) is 6.92 Å². The number of hydrogen-bond donors (Lipinski definition) is 2. The molecule has 1 saturated heterocycles. The van der Waals surface area contributed by atoms with Gasteiger partial charge in [0.1, 0.15) is 0 Å². The van der Waals surface area contributed by atoms with E-state index in [0.717, 1.165) is 21.4 Å². The van der Waals surface area contributed by atoms with E-state index < -0.39 is 0 Å². The zero-order chi connectivity index (χ0) is 16.4. The molecule has 1 aliphatic rings. The molecule has 5 nitrogen and oxygen atoms in total. The van der Waals surface area contributed by atoms with Gasteiger partial charge in [-0.1, -0.05) is 15.9 Å². The number of nitrogens with zero attached hydrogens (tertiary/aromatic N) is 1. The van der Waals surface area contributed by atoms with Gasteiger partial charge in [0.25, 0.3) is 5.91 Å². The van der Waals surface area contributed by atoms with Crippen LogP contribution in [0.5, 0.6) is 0 Å². The molecule has 0 bridgehead atoms. The lowest BCUT2D eigenvalue weighted by Crippen LogP contribution is -2.27. The first-order valence-corrected chi connectivity index (χ1v) is 8.07. The monoisotopic (exact) mass is 373 g/mol. The maximum atomic E-state index is 12.3. The van der Waals surface area contributed by atoms with Crippen molar-refractivity contribution >= 4 is 39.2 Å². The summed E-state index contributed by atoms with van der Waals surface area (Å²) in [7, 11) is 0. The van der Waals surface area contributed by atoms with Crippen LogP contribution in [-0.2, 0) is 0 Å². The Bertz CT molecular complexity index is 759. The molecule has 0 saturated carbocycles. The maximum absolute atomic E-state index is 12.3. The van der Waals surface area contributed by atoms with E-state index in [2.05, 4.69) is 26.6 Å². The van der Waals surface area contributed by atoms with Crippen molar-refractivity contribution in [1.82, 2.24) is 5.32 Å². The number of anilines is 2. The zero-order valence-corrected chi connectivity index (χ0v) is 14.2. The van der Waals surface area contributed by atoms with Gasteiger partial charge in [0.05, 0.1) is 0 Å². The van der Waals surface area contributed by atoms with Crippen LogP contribution in [0.4, 0.5) is 16.2 Å². The standard InChI is InChI=1S/C17H16BrN3O2/c1-11-10-13(18)4-7-15(11)20-16(22)12-2-5-14(6-3-12)21-9-8-19-17(21)23/h2-7,10H,8-9H2,1H3,(H,19,23)(H,20,22). The molecule has 0 aliphatic carbocycles. The molecular weight excluding hydrogens is 358 g/mol. The lowest BCUT2D eigenvalue weighted by molar-refractivity contribution is 0.102. The van der Waals surface area contributed by atoms with Gasteiger partial charge in [-0.3, -0.25) is 9.69 Å². The zero-order valence-electron chi connectivity index (χ0n) is 12.6. The third-order valence-corrected chi connectivity index (χ3v) is 4.23. The average Bonchev–Trinajstić information content (AvgIpc) is 2.96. The molecule has 1 heterocycles. The summed E-state index contributed by atoms with van der Waals surface area (Å²) in [6.07, 6.45) is 0. The minimum absolute atomic E-state index is 0.104. The first kappa shape index (κ1) is 15.6. The predicted molar refractivity (Wildman–Crippen MR) is 94.0 cm³/mol. The number of benzene rings is 2. The van der Waals surface area contributed by atoms with Gasteiger partial charge in [0, 0.05) is 34.5 Å². The van der Waals surface area contributed by atoms with Crippen molar-refractivity contribution in [2.75, 3.05) is 23.3 Å². The number of urea groups is 1. The van der Waals surface area contributed by atoms with Crippen LogP contribution >= 0.6 is 15.9 Å². The first-order valence-electron chi connectivity index (χ1n) is 7.27. The lowest BCUT2D eigenvalue weighted by Gasteiger charge is -2.14. The largest absolute Gasteiger partial charge is 0.336 e. The molecule has 0 aromatic heterocycles. The van der Waals surface area contributed by atoms with Crippen molar-refractivity contribution in [2.24, 2.45) is 0 Å². The Hall–Kier alpha value is -2.34. The quantitative estimate of drug-likeness (QED) is 0.864. The summed E-state index contributed by atoms with van der Waals surface area (Å²) in [4.78, 5) is 25.6. The number of amides is 3. The first-order chi connectivity index (χ1) is 11.0. The van der Waals surface area contributed by atoms with E-state index in [1.807, 2.05) is 25.1 Å². The van der Waals surface area contributed by atoms with Crippen LogP contribution in [-0.4, -0.2) is 25.0 Å². The molecule has 0 atom stereocenters. The van der Waals surface area contributed by atoms with E-state index in [1.165, 1.54) is 0 Å². The van der Waals surface area contributed by atoms with E-state index in [9.17, 15) is 9.59 Å². The van der Waals surface area contributed by atoms with E-state index in [0.29, 0.717) is 18.7 Å². The van der Waals surface area contributed by atoms with Gasteiger partial charge in [0.15, 0.2) is 0 Å². The summed E-state index contributed by atoms with van der Waals surface area (Å²) in [6.45, 7) is 3.22. The third kappa shape index (κ3) is 3.37. The fourth-order valence-corrected chi connectivity index (χ4v) is 2.95. The van der Waals surface area contributed by atoms with Crippen molar-refractivity contribution in [3.05, 3.63) is 58.1 Å². The van der Waals surface area contributed by atoms with Crippen LogP contribution in [0, 0.1) is 6.92 Å². The second-order valence-corrected chi connectivity index (χ2v) is 6.26. The Labute approximate surface area is 142 Å². The highest BCUT2D eigenvalue weighted by Gasteiger charge is 2.21. The summed E-state index contributed by atoms with van der Waals surface area (Å²) in [6, 6.07) is 12.6. The maximum Gasteiger partial charge on any atom is 0.321 e. The molecule has 2 aromatic carbocycles. The van der Waals surface area contributed by atoms with E-state index in [4.69, 9.17) is 0 Å².